The molecule has 0 atom stereocenters. The first-order valence-corrected chi connectivity index (χ1v) is 15.5. The third-order valence-electron chi connectivity index (χ3n) is 7.33. The van der Waals surface area contributed by atoms with Crippen LogP contribution in [0.25, 0.3) is 39.5 Å². The molecule has 0 spiro atoms. The Morgan fingerprint density at radius 1 is 0.735 bits per heavy atom. The summed E-state index contributed by atoms with van der Waals surface area (Å²) < 4.78 is 16.8. The summed E-state index contributed by atoms with van der Waals surface area (Å²) in [5, 5.41) is 28.0. The lowest BCUT2D eigenvalue weighted by Crippen LogP contribution is -2.38. The van der Waals surface area contributed by atoms with Gasteiger partial charge in [-0.3, -0.25) is 19.2 Å². The van der Waals surface area contributed by atoms with Crippen LogP contribution in [0.5, 0.6) is 11.5 Å². The summed E-state index contributed by atoms with van der Waals surface area (Å²) in [5.41, 5.74) is 3.04. The minimum atomic E-state index is -0.468. The van der Waals surface area contributed by atoms with Crippen LogP contribution in [0.15, 0.2) is 100 Å². The Kier molecular flexibility index (Phi) is 11.7. The predicted molar refractivity (Wildman–Crippen MR) is 183 cm³/mol. The zero-order chi connectivity index (χ0) is 34.6. The third kappa shape index (κ3) is 9.53. The van der Waals surface area contributed by atoms with Gasteiger partial charge < -0.3 is 40.1 Å². The van der Waals surface area contributed by atoms with Crippen molar-refractivity contribution in [2.45, 2.75) is 0 Å². The van der Waals surface area contributed by atoms with Crippen LogP contribution in [0.3, 0.4) is 0 Å². The topological polar surface area (TPSA) is 176 Å². The number of phenols is 2. The fourth-order valence-electron chi connectivity index (χ4n) is 5.01. The van der Waals surface area contributed by atoms with Gasteiger partial charge >= 0.3 is 0 Å². The van der Waals surface area contributed by atoms with Crippen LogP contribution >= 0.6 is 0 Å². The second-order valence-corrected chi connectivity index (χ2v) is 10.8. The number of carbonyl (C=O) groups is 3. The molecule has 0 bridgehead atoms. The Hall–Kier alpha value is -5.98. The Balaban J connectivity index is 1.03. The molecule has 1 aliphatic carbocycles. The number of nitrogens with one attached hydrogen (secondary N) is 3. The molecule has 0 aromatic heterocycles. The number of rotatable bonds is 15. The van der Waals surface area contributed by atoms with Crippen molar-refractivity contribution in [3.05, 3.63) is 112 Å². The summed E-state index contributed by atoms with van der Waals surface area (Å²) in [6, 6.07) is 22.5. The lowest BCUT2D eigenvalue weighted by atomic mass is 9.90. The van der Waals surface area contributed by atoms with Crippen LogP contribution in [0.2, 0.25) is 0 Å². The van der Waals surface area contributed by atoms with E-state index in [1.54, 1.807) is 66.7 Å². The van der Waals surface area contributed by atoms with Crippen LogP contribution in [0.4, 0.5) is 0 Å². The monoisotopic (exact) mass is 665 g/mol. The average Bonchev–Trinajstić information content (AvgIpc) is 3.10. The molecule has 3 amide bonds. The number of carbonyl (C=O) groups excluding carboxylic acids is 3. The summed E-state index contributed by atoms with van der Waals surface area (Å²) in [7, 11) is 0. The van der Waals surface area contributed by atoms with Gasteiger partial charge in [0.1, 0.15) is 22.8 Å². The first kappa shape index (κ1) is 34.4. The standard InChI is InChI=1S/C37H35N3O9/c41-25-8-5-24(6-9-25)7-14-34(44)38-15-17-47-19-20-48-18-16-39-35(45)23-40-37(46)29-4-2-1-3-28(29)36-30-12-10-26(42)21-32(30)49-33-22-27(43)11-13-31(33)36/h1-14,21-22,41-42H,15-20,23H2,(H,38,44)(H,39,45)(H,40,46)/b14-7+. The molecule has 3 aromatic carbocycles. The molecule has 0 saturated carbocycles. The van der Waals surface area contributed by atoms with E-state index in [4.69, 9.17) is 13.9 Å². The Morgan fingerprint density at radius 2 is 1.45 bits per heavy atom. The number of aromatic hydroxyl groups is 2. The molecule has 5 rings (SSSR count). The lowest BCUT2D eigenvalue weighted by Gasteiger charge is -2.17. The number of hydrogen-bond donors (Lipinski definition) is 5. The lowest BCUT2D eigenvalue weighted by molar-refractivity contribution is -0.120. The van der Waals surface area contributed by atoms with Gasteiger partial charge in [0.05, 0.1) is 33.0 Å². The van der Waals surface area contributed by atoms with Crippen molar-refractivity contribution in [2.75, 3.05) is 46.1 Å². The van der Waals surface area contributed by atoms with Gasteiger partial charge in [0.15, 0.2) is 5.43 Å². The predicted octanol–water partition coefficient (Wildman–Crippen LogP) is 3.68. The van der Waals surface area contributed by atoms with Crippen LogP contribution < -0.4 is 21.4 Å². The van der Waals surface area contributed by atoms with E-state index in [1.807, 2.05) is 0 Å². The zero-order valence-electron chi connectivity index (χ0n) is 26.4. The summed E-state index contributed by atoms with van der Waals surface area (Å²) in [4.78, 5) is 49.7. The molecule has 0 radical (unpaired) electrons. The molecule has 0 saturated heterocycles. The number of hydrogen-bond acceptors (Lipinski definition) is 9. The van der Waals surface area contributed by atoms with Crippen molar-refractivity contribution in [2.24, 2.45) is 0 Å². The maximum atomic E-state index is 13.3. The van der Waals surface area contributed by atoms with Gasteiger partial charge in [-0.1, -0.05) is 30.3 Å². The molecule has 5 N–H and O–H groups in total. The minimum Gasteiger partial charge on any atom is -0.508 e. The molecule has 0 fully saturated rings. The fourth-order valence-corrected chi connectivity index (χ4v) is 5.01. The highest BCUT2D eigenvalue weighted by molar-refractivity contribution is 6.09. The van der Waals surface area contributed by atoms with Crippen molar-refractivity contribution in [3.63, 3.8) is 0 Å². The highest BCUT2D eigenvalue weighted by Gasteiger charge is 2.22. The number of ether oxygens (including phenoxy) is 2. The van der Waals surface area contributed by atoms with E-state index in [-0.39, 0.29) is 42.5 Å². The van der Waals surface area contributed by atoms with E-state index in [1.165, 1.54) is 30.3 Å². The molecule has 252 valence electrons. The fraction of sp³-hybridized carbons (Fsp3) is 0.189. The van der Waals surface area contributed by atoms with E-state index in [9.17, 15) is 29.4 Å². The number of benzene rings is 4. The maximum Gasteiger partial charge on any atom is 0.252 e. The zero-order valence-corrected chi connectivity index (χ0v) is 26.4. The summed E-state index contributed by atoms with van der Waals surface area (Å²) in [5.74, 6) is -0.667. The van der Waals surface area contributed by atoms with Crippen molar-refractivity contribution in [1.82, 2.24) is 16.0 Å². The summed E-state index contributed by atoms with van der Waals surface area (Å²) in [6.07, 6.45) is 3.04. The van der Waals surface area contributed by atoms with Crippen LogP contribution in [-0.2, 0) is 19.1 Å². The Bertz CT molecular complexity index is 1990. The Morgan fingerprint density at radius 3 is 2.22 bits per heavy atom. The molecule has 3 aromatic rings. The molecule has 0 unspecified atom stereocenters. The van der Waals surface area contributed by atoms with E-state index < -0.39 is 11.8 Å². The normalized spacial score (nSPS) is 11.2. The van der Waals surface area contributed by atoms with Gasteiger partial charge in [0.2, 0.25) is 11.8 Å². The molecule has 12 nitrogen and oxygen atoms in total. The van der Waals surface area contributed by atoms with Crippen molar-refractivity contribution in [3.8, 4) is 33.9 Å². The molecule has 1 aliphatic heterocycles. The van der Waals surface area contributed by atoms with Gasteiger partial charge in [-0.25, -0.2) is 0 Å². The summed E-state index contributed by atoms with van der Waals surface area (Å²) >= 11 is 0. The molecule has 49 heavy (non-hydrogen) atoms. The van der Waals surface area contributed by atoms with Crippen LogP contribution in [-0.4, -0.2) is 74.0 Å². The summed E-state index contributed by atoms with van der Waals surface area (Å²) in [6.45, 7) is 1.45. The second kappa shape index (κ2) is 16.7. The van der Waals surface area contributed by atoms with Crippen molar-refractivity contribution >= 4 is 34.8 Å². The van der Waals surface area contributed by atoms with E-state index in [2.05, 4.69) is 16.0 Å². The minimum absolute atomic E-state index is 0.00828. The number of fused-ring (bicyclic) bond motifs is 2. The second-order valence-electron chi connectivity index (χ2n) is 10.8. The quantitative estimate of drug-likeness (QED) is 0.0634. The van der Waals surface area contributed by atoms with Gasteiger partial charge in [0, 0.05) is 53.4 Å². The van der Waals surface area contributed by atoms with Gasteiger partial charge in [-0.05, 0) is 59.7 Å². The average molecular weight is 666 g/mol. The van der Waals surface area contributed by atoms with Crippen LogP contribution in [0, 0.1) is 0 Å². The first-order valence-electron chi connectivity index (χ1n) is 15.5. The first-order chi connectivity index (χ1) is 23.8. The largest absolute Gasteiger partial charge is 0.508 e. The number of amides is 3. The van der Waals surface area contributed by atoms with Crippen molar-refractivity contribution in [1.29, 1.82) is 0 Å². The van der Waals surface area contributed by atoms with Gasteiger partial charge in [0.25, 0.3) is 5.91 Å². The highest BCUT2D eigenvalue weighted by atomic mass is 16.5. The maximum absolute atomic E-state index is 13.3. The van der Waals surface area contributed by atoms with E-state index >= 15 is 0 Å². The van der Waals surface area contributed by atoms with Gasteiger partial charge in [-0.15, -0.1) is 0 Å². The molecule has 12 heteroatoms. The molecular formula is C37H35N3O9. The number of phenolic OH excluding ortho intramolecular Hbond substituents is 2. The molecule has 1 heterocycles. The SMILES string of the molecule is O=C(/C=C/c1ccc(O)cc1)NCCOCCOCCNC(=O)CNC(=O)c1ccccc1-c1c2ccc(=O)cc-2oc2cc(O)ccc12. The Labute approximate surface area is 281 Å². The molecule has 2 aliphatic rings. The molecular weight excluding hydrogens is 630 g/mol. The van der Waals surface area contributed by atoms with E-state index in [0.717, 1.165) is 5.56 Å². The third-order valence-corrected chi connectivity index (χ3v) is 7.33. The smallest absolute Gasteiger partial charge is 0.252 e. The van der Waals surface area contributed by atoms with Crippen LogP contribution in [0.1, 0.15) is 15.9 Å². The highest BCUT2D eigenvalue weighted by Crippen LogP contribution is 2.41. The van der Waals surface area contributed by atoms with E-state index in [0.29, 0.717) is 65.3 Å². The van der Waals surface area contributed by atoms with Gasteiger partial charge in [-0.2, -0.15) is 0 Å². The van der Waals surface area contributed by atoms with Crippen molar-refractivity contribution < 1.29 is 38.5 Å².